The maximum Gasteiger partial charge on any atom is 0.280 e. The van der Waals surface area contributed by atoms with E-state index in [4.69, 9.17) is 0 Å². The zero-order chi connectivity index (χ0) is 17.9. The lowest BCUT2D eigenvalue weighted by atomic mass is 10.1. The van der Waals surface area contributed by atoms with Crippen LogP contribution in [0, 0.1) is 6.92 Å². The summed E-state index contributed by atoms with van der Waals surface area (Å²) in [7, 11) is 0. The van der Waals surface area contributed by atoms with Crippen LogP contribution in [0.3, 0.4) is 0 Å². The molecule has 26 heavy (non-hydrogen) atoms. The number of benzene rings is 2. The minimum absolute atomic E-state index is 0.161. The maximum absolute atomic E-state index is 13.0. The summed E-state index contributed by atoms with van der Waals surface area (Å²) in [6.45, 7) is 1.90. The van der Waals surface area contributed by atoms with Crippen LogP contribution in [-0.2, 0) is 0 Å². The third kappa shape index (κ3) is 3.00. The monoisotopic (exact) mass is 343 g/mol. The first-order valence-electron chi connectivity index (χ1n) is 8.24. The molecule has 4 rings (SSSR count). The number of aromatic nitrogens is 4. The van der Waals surface area contributed by atoms with Crippen molar-refractivity contribution in [3.8, 4) is 16.9 Å². The van der Waals surface area contributed by atoms with Gasteiger partial charge in [0.1, 0.15) is 0 Å². The Kier molecular flexibility index (Phi) is 4.07. The standard InChI is InChI=1S/C20H17N5O/c1-14-12-18(23-22-14)21-13-17-19(15-8-4-2-5-9-15)24-25(20(17)26)16-10-6-3-7-11-16/h2-13,24H,1H3,(H,22,23). The largest absolute Gasteiger partial charge is 0.290 e. The second kappa shape index (κ2) is 6.68. The first-order valence-corrected chi connectivity index (χ1v) is 8.24. The van der Waals surface area contributed by atoms with Gasteiger partial charge in [-0.15, -0.1) is 0 Å². The number of nitrogens with one attached hydrogen (secondary N) is 2. The zero-order valence-corrected chi connectivity index (χ0v) is 14.2. The summed E-state index contributed by atoms with van der Waals surface area (Å²) in [6.07, 6.45) is 1.57. The summed E-state index contributed by atoms with van der Waals surface area (Å²) in [5.41, 5.74) is 3.64. The van der Waals surface area contributed by atoms with Gasteiger partial charge in [0.15, 0.2) is 5.82 Å². The summed E-state index contributed by atoms with van der Waals surface area (Å²) < 4.78 is 1.53. The fourth-order valence-corrected chi connectivity index (χ4v) is 2.75. The van der Waals surface area contributed by atoms with E-state index < -0.39 is 0 Å². The highest BCUT2D eigenvalue weighted by Gasteiger charge is 2.15. The quantitative estimate of drug-likeness (QED) is 0.555. The Labute approximate surface area is 149 Å². The summed E-state index contributed by atoms with van der Waals surface area (Å²) in [6, 6.07) is 21.0. The van der Waals surface area contributed by atoms with Crippen molar-refractivity contribution in [1.82, 2.24) is 20.0 Å². The molecule has 2 heterocycles. The first kappa shape index (κ1) is 15.8. The van der Waals surface area contributed by atoms with Crippen LogP contribution in [0.25, 0.3) is 16.9 Å². The van der Waals surface area contributed by atoms with Gasteiger partial charge in [-0.05, 0) is 19.1 Å². The highest BCUT2D eigenvalue weighted by molar-refractivity contribution is 5.89. The van der Waals surface area contributed by atoms with Crippen LogP contribution in [0.4, 0.5) is 5.82 Å². The van der Waals surface area contributed by atoms with E-state index in [1.807, 2.05) is 73.7 Å². The average molecular weight is 343 g/mol. The second-order valence-corrected chi connectivity index (χ2v) is 5.91. The van der Waals surface area contributed by atoms with E-state index in [1.165, 1.54) is 4.68 Å². The lowest BCUT2D eigenvalue weighted by Gasteiger charge is -2.01. The van der Waals surface area contributed by atoms with Gasteiger partial charge in [-0.3, -0.25) is 15.0 Å². The average Bonchev–Trinajstić information content (AvgIpc) is 3.24. The maximum atomic E-state index is 13.0. The van der Waals surface area contributed by atoms with Crippen LogP contribution in [0.5, 0.6) is 0 Å². The molecule has 128 valence electrons. The molecule has 0 aliphatic rings. The normalized spacial score (nSPS) is 11.3. The number of nitrogens with zero attached hydrogens (tertiary/aromatic N) is 3. The molecule has 6 nitrogen and oxygen atoms in total. The molecule has 0 spiro atoms. The summed E-state index contributed by atoms with van der Waals surface area (Å²) >= 11 is 0. The van der Waals surface area contributed by atoms with Crippen LogP contribution >= 0.6 is 0 Å². The van der Waals surface area contributed by atoms with Gasteiger partial charge >= 0.3 is 0 Å². The number of hydrogen-bond donors (Lipinski definition) is 2. The number of H-pyrrole nitrogens is 2. The van der Waals surface area contributed by atoms with E-state index in [2.05, 4.69) is 20.3 Å². The number of aliphatic imine (C=N–C) groups is 1. The lowest BCUT2D eigenvalue weighted by molar-refractivity contribution is 0.852. The Morgan fingerprint density at radius 3 is 2.38 bits per heavy atom. The van der Waals surface area contributed by atoms with Crippen LogP contribution in [-0.4, -0.2) is 26.2 Å². The summed E-state index contributed by atoms with van der Waals surface area (Å²) in [5, 5.41) is 10.1. The molecular weight excluding hydrogens is 326 g/mol. The molecular formula is C20H17N5O. The Hall–Kier alpha value is -3.67. The molecule has 0 aliphatic carbocycles. The van der Waals surface area contributed by atoms with Gasteiger partial charge in [0, 0.05) is 23.5 Å². The van der Waals surface area contributed by atoms with Gasteiger partial charge in [-0.2, -0.15) is 5.10 Å². The molecule has 0 aliphatic heterocycles. The van der Waals surface area contributed by atoms with Crippen molar-refractivity contribution >= 4 is 12.0 Å². The minimum atomic E-state index is -0.161. The minimum Gasteiger partial charge on any atom is -0.290 e. The third-order valence-corrected chi connectivity index (χ3v) is 4.02. The second-order valence-electron chi connectivity index (χ2n) is 5.91. The van der Waals surface area contributed by atoms with Crippen LogP contribution in [0.2, 0.25) is 0 Å². The van der Waals surface area contributed by atoms with Crippen LogP contribution in [0.15, 0.2) is 76.5 Å². The number of hydrogen-bond acceptors (Lipinski definition) is 3. The van der Waals surface area contributed by atoms with E-state index in [-0.39, 0.29) is 5.56 Å². The van der Waals surface area contributed by atoms with E-state index in [0.29, 0.717) is 11.4 Å². The fraction of sp³-hybridized carbons (Fsp3) is 0.0500. The molecule has 6 heteroatoms. The Bertz CT molecular complexity index is 1100. The highest BCUT2D eigenvalue weighted by atomic mass is 16.1. The number of para-hydroxylation sites is 1. The highest BCUT2D eigenvalue weighted by Crippen LogP contribution is 2.20. The van der Waals surface area contributed by atoms with Gasteiger partial charge in [-0.1, -0.05) is 48.5 Å². The molecule has 0 saturated heterocycles. The van der Waals surface area contributed by atoms with Gasteiger partial charge < -0.3 is 0 Å². The number of aromatic amines is 2. The predicted molar refractivity (Wildman–Crippen MR) is 102 cm³/mol. The van der Waals surface area contributed by atoms with Crippen molar-refractivity contribution in [3.63, 3.8) is 0 Å². The van der Waals surface area contributed by atoms with Crippen molar-refractivity contribution in [2.24, 2.45) is 4.99 Å². The molecule has 0 radical (unpaired) electrons. The Morgan fingerprint density at radius 2 is 1.73 bits per heavy atom. The number of aryl methyl sites for hydroxylation is 1. The summed E-state index contributed by atoms with van der Waals surface area (Å²) in [4.78, 5) is 17.4. The molecule has 2 aromatic heterocycles. The zero-order valence-electron chi connectivity index (χ0n) is 14.2. The van der Waals surface area contributed by atoms with E-state index in [1.54, 1.807) is 6.21 Å². The lowest BCUT2D eigenvalue weighted by Crippen LogP contribution is -2.17. The topological polar surface area (TPSA) is 78.8 Å². The van der Waals surface area contributed by atoms with Gasteiger partial charge in [0.2, 0.25) is 0 Å². The molecule has 2 N–H and O–H groups in total. The van der Waals surface area contributed by atoms with E-state index in [9.17, 15) is 4.79 Å². The molecule has 0 unspecified atom stereocenters. The molecule has 0 fully saturated rings. The first-order chi connectivity index (χ1) is 12.7. The Balaban J connectivity index is 1.86. The molecule has 2 aromatic carbocycles. The fourth-order valence-electron chi connectivity index (χ4n) is 2.75. The molecule has 0 bridgehead atoms. The van der Waals surface area contributed by atoms with Crippen LogP contribution in [0.1, 0.15) is 11.3 Å². The SMILES string of the molecule is Cc1cc(N=Cc2c(-c3ccccc3)[nH]n(-c3ccccc3)c2=O)n[nH]1. The summed E-state index contributed by atoms with van der Waals surface area (Å²) in [5.74, 6) is 0.536. The van der Waals surface area contributed by atoms with Crippen LogP contribution < -0.4 is 5.56 Å². The third-order valence-electron chi connectivity index (χ3n) is 4.02. The molecule has 4 aromatic rings. The van der Waals surface area contributed by atoms with Gasteiger partial charge in [-0.25, -0.2) is 9.67 Å². The predicted octanol–water partition coefficient (Wildman–Crippen LogP) is 3.61. The van der Waals surface area contributed by atoms with Gasteiger partial charge in [0.05, 0.1) is 16.9 Å². The van der Waals surface area contributed by atoms with E-state index >= 15 is 0 Å². The number of rotatable bonds is 4. The van der Waals surface area contributed by atoms with Crippen molar-refractivity contribution in [3.05, 3.63) is 88.3 Å². The van der Waals surface area contributed by atoms with Crippen molar-refractivity contribution in [2.75, 3.05) is 0 Å². The van der Waals surface area contributed by atoms with E-state index in [0.717, 1.165) is 22.6 Å². The smallest absolute Gasteiger partial charge is 0.280 e. The Morgan fingerprint density at radius 1 is 1.04 bits per heavy atom. The molecule has 0 atom stereocenters. The molecule has 0 amide bonds. The van der Waals surface area contributed by atoms with Crippen molar-refractivity contribution in [2.45, 2.75) is 6.92 Å². The van der Waals surface area contributed by atoms with Crippen molar-refractivity contribution in [1.29, 1.82) is 0 Å². The molecule has 0 saturated carbocycles. The van der Waals surface area contributed by atoms with Gasteiger partial charge in [0.25, 0.3) is 5.56 Å². The van der Waals surface area contributed by atoms with Crippen molar-refractivity contribution < 1.29 is 0 Å².